The molecule has 0 aliphatic carbocycles. The summed E-state index contributed by atoms with van der Waals surface area (Å²) in [5, 5.41) is 10.2. The highest BCUT2D eigenvalue weighted by Gasteiger charge is 2.20. The second kappa shape index (κ2) is 8.74. The first kappa shape index (κ1) is 20.3. The number of nitrogens with zero attached hydrogens (tertiary/aromatic N) is 1. The highest BCUT2D eigenvalue weighted by Crippen LogP contribution is 2.27. The zero-order valence-corrected chi connectivity index (χ0v) is 16.4. The van der Waals surface area contributed by atoms with E-state index in [1.165, 1.54) is 20.1 Å². The number of amides is 1. The van der Waals surface area contributed by atoms with Gasteiger partial charge in [0, 0.05) is 11.1 Å². The molecule has 1 heterocycles. The van der Waals surface area contributed by atoms with Gasteiger partial charge in [0.15, 0.2) is 6.10 Å². The number of ether oxygens (including phenoxy) is 2. The van der Waals surface area contributed by atoms with Crippen LogP contribution in [0.2, 0.25) is 5.02 Å². The number of hydrogen-bond donors (Lipinski definition) is 2. The van der Waals surface area contributed by atoms with E-state index in [2.05, 4.69) is 15.5 Å². The third kappa shape index (κ3) is 4.72. The molecule has 1 atom stereocenters. The fourth-order valence-electron chi connectivity index (χ4n) is 2.72. The topological polar surface area (TPSA) is 110 Å². The lowest BCUT2D eigenvalue weighted by Crippen LogP contribution is -2.30. The van der Waals surface area contributed by atoms with Crippen molar-refractivity contribution in [3.63, 3.8) is 0 Å². The van der Waals surface area contributed by atoms with Gasteiger partial charge < -0.3 is 14.8 Å². The molecule has 0 saturated heterocycles. The predicted molar refractivity (Wildman–Crippen MR) is 108 cm³/mol. The molecule has 1 amide bonds. The maximum absolute atomic E-state index is 12.3. The molecule has 0 saturated carbocycles. The van der Waals surface area contributed by atoms with Crippen LogP contribution in [0.1, 0.15) is 12.6 Å². The number of H-pyrrole nitrogens is 1. The summed E-state index contributed by atoms with van der Waals surface area (Å²) in [6.07, 6.45) is -1.24. The van der Waals surface area contributed by atoms with Gasteiger partial charge in [0.2, 0.25) is 0 Å². The fraction of sp³-hybridized carbons (Fsp3) is 0.200. The first-order valence-electron chi connectivity index (χ1n) is 8.69. The van der Waals surface area contributed by atoms with Crippen LogP contribution in [-0.2, 0) is 20.7 Å². The number of halogens is 1. The number of aromatic amines is 1. The summed E-state index contributed by atoms with van der Waals surface area (Å²) in [6, 6.07) is 11.6. The molecule has 3 aromatic rings. The van der Waals surface area contributed by atoms with Gasteiger partial charge >= 0.3 is 5.97 Å². The highest BCUT2D eigenvalue weighted by atomic mass is 35.5. The van der Waals surface area contributed by atoms with Crippen molar-refractivity contribution in [1.29, 1.82) is 0 Å². The van der Waals surface area contributed by atoms with E-state index in [4.69, 9.17) is 21.1 Å². The van der Waals surface area contributed by atoms with Crippen LogP contribution in [0.3, 0.4) is 0 Å². The van der Waals surface area contributed by atoms with E-state index in [9.17, 15) is 14.4 Å². The van der Waals surface area contributed by atoms with Gasteiger partial charge in [0.1, 0.15) is 5.75 Å². The first-order valence-corrected chi connectivity index (χ1v) is 9.07. The molecule has 0 aliphatic heterocycles. The van der Waals surface area contributed by atoms with Crippen molar-refractivity contribution in [3.05, 3.63) is 63.5 Å². The molecule has 9 heteroatoms. The van der Waals surface area contributed by atoms with Gasteiger partial charge in [0.25, 0.3) is 11.5 Å². The van der Waals surface area contributed by atoms with Crippen LogP contribution in [0.4, 0.5) is 5.69 Å². The van der Waals surface area contributed by atoms with E-state index in [0.717, 1.165) is 0 Å². The van der Waals surface area contributed by atoms with Crippen molar-refractivity contribution in [1.82, 2.24) is 10.2 Å². The first-order chi connectivity index (χ1) is 13.9. The number of rotatable bonds is 6. The van der Waals surface area contributed by atoms with Crippen molar-refractivity contribution < 1.29 is 19.1 Å². The van der Waals surface area contributed by atoms with E-state index in [0.29, 0.717) is 32.9 Å². The largest absolute Gasteiger partial charge is 0.495 e. The minimum atomic E-state index is -1.04. The zero-order chi connectivity index (χ0) is 21.0. The SMILES string of the molecule is COc1ccc(NC(=O)[C@@H](C)OC(=O)Cc2n[nH]c(=O)c3ccccc23)cc1Cl. The summed E-state index contributed by atoms with van der Waals surface area (Å²) in [6.45, 7) is 1.46. The van der Waals surface area contributed by atoms with Crippen molar-refractivity contribution in [2.24, 2.45) is 0 Å². The summed E-state index contributed by atoms with van der Waals surface area (Å²) in [5.74, 6) is -0.686. The average molecular weight is 416 g/mol. The molecule has 8 nitrogen and oxygen atoms in total. The standard InChI is InChI=1S/C20H18ClN3O5/c1-11(19(26)22-12-7-8-17(28-2)15(21)9-12)29-18(25)10-16-13-5-3-4-6-14(13)20(27)24-23-16/h3-9,11H,10H2,1-2H3,(H,22,26)(H,24,27)/t11-/m1/s1. The Kier molecular flexibility index (Phi) is 6.13. The molecule has 3 rings (SSSR count). The van der Waals surface area contributed by atoms with E-state index < -0.39 is 18.0 Å². The summed E-state index contributed by atoms with van der Waals surface area (Å²) in [4.78, 5) is 36.4. The fourth-order valence-corrected chi connectivity index (χ4v) is 2.98. The molecule has 2 N–H and O–H groups in total. The van der Waals surface area contributed by atoms with Crippen molar-refractivity contribution >= 4 is 39.9 Å². The Bertz CT molecular complexity index is 1130. The number of hydrogen-bond acceptors (Lipinski definition) is 6. The smallest absolute Gasteiger partial charge is 0.312 e. The molecule has 0 aliphatic rings. The summed E-state index contributed by atoms with van der Waals surface area (Å²) in [5.41, 5.74) is 0.459. The Morgan fingerprint density at radius 1 is 1.21 bits per heavy atom. The maximum Gasteiger partial charge on any atom is 0.312 e. The number of carbonyl (C=O) groups excluding carboxylic acids is 2. The Balaban J connectivity index is 1.65. The monoisotopic (exact) mass is 415 g/mol. The van der Waals surface area contributed by atoms with Crippen LogP contribution in [0.25, 0.3) is 10.8 Å². The lowest BCUT2D eigenvalue weighted by atomic mass is 10.1. The number of esters is 1. The van der Waals surface area contributed by atoms with Crippen LogP contribution < -0.4 is 15.6 Å². The molecule has 0 fully saturated rings. The molecule has 0 radical (unpaired) electrons. The van der Waals surface area contributed by atoms with Gasteiger partial charge in [-0.1, -0.05) is 29.8 Å². The minimum absolute atomic E-state index is 0.191. The summed E-state index contributed by atoms with van der Waals surface area (Å²) in [7, 11) is 1.49. The molecule has 2 aromatic carbocycles. The highest BCUT2D eigenvalue weighted by molar-refractivity contribution is 6.32. The van der Waals surface area contributed by atoms with Crippen LogP contribution in [0, 0.1) is 0 Å². The zero-order valence-electron chi connectivity index (χ0n) is 15.7. The Hall–Kier alpha value is -3.39. The van der Waals surface area contributed by atoms with Crippen LogP contribution in [0.15, 0.2) is 47.3 Å². The number of methoxy groups -OCH3 is 1. The molecule has 150 valence electrons. The predicted octanol–water partition coefficient (Wildman–Crippen LogP) is 2.70. The van der Waals surface area contributed by atoms with Crippen molar-refractivity contribution in [2.75, 3.05) is 12.4 Å². The Morgan fingerprint density at radius 3 is 2.62 bits per heavy atom. The average Bonchev–Trinajstić information content (AvgIpc) is 2.70. The number of fused-ring (bicyclic) bond motifs is 1. The molecular weight excluding hydrogens is 398 g/mol. The van der Waals surface area contributed by atoms with Gasteiger partial charge in [-0.2, -0.15) is 5.10 Å². The van der Waals surface area contributed by atoms with Crippen LogP contribution >= 0.6 is 11.6 Å². The quantitative estimate of drug-likeness (QED) is 0.599. The molecule has 29 heavy (non-hydrogen) atoms. The van der Waals surface area contributed by atoms with Crippen LogP contribution in [-0.4, -0.2) is 35.3 Å². The number of nitrogens with one attached hydrogen (secondary N) is 2. The number of anilines is 1. The number of aromatic nitrogens is 2. The summed E-state index contributed by atoms with van der Waals surface area (Å²) < 4.78 is 10.3. The van der Waals surface area contributed by atoms with E-state index >= 15 is 0 Å². The van der Waals surface area contributed by atoms with E-state index in [1.54, 1.807) is 36.4 Å². The second-order valence-electron chi connectivity index (χ2n) is 6.19. The second-order valence-corrected chi connectivity index (χ2v) is 6.60. The molecule has 0 bridgehead atoms. The third-order valence-corrected chi connectivity index (χ3v) is 4.48. The minimum Gasteiger partial charge on any atom is -0.495 e. The van der Waals surface area contributed by atoms with Gasteiger partial charge in [-0.25, -0.2) is 5.10 Å². The Morgan fingerprint density at radius 2 is 1.93 bits per heavy atom. The summed E-state index contributed by atoms with van der Waals surface area (Å²) >= 11 is 6.03. The lowest BCUT2D eigenvalue weighted by Gasteiger charge is -2.14. The molecule has 0 spiro atoms. The third-order valence-electron chi connectivity index (χ3n) is 4.18. The number of benzene rings is 2. The maximum atomic E-state index is 12.3. The van der Waals surface area contributed by atoms with Crippen LogP contribution in [0.5, 0.6) is 5.75 Å². The van der Waals surface area contributed by atoms with E-state index in [-0.39, 0.29) is 12.0 Å². The van der Waals surface area contributed by atoms with Gasteiger partial charge in [-0.15, -0.1) is 0 Å². The van der Waals surface area contributed by atoms with Gasteiger partial charge in [0.05, 0.1) is 29.6 Å². The Labute approximate surface area is 170 Å². The van der Waals surface area contributed by atoms with Gasteiger partial charge in [-0.05, 0) is 31.2 Å². The molecular formula is C20H18ClN3O5. The molecule has 0 unspecified atom stereocenters. The number of carbonyl (C=O) groups is 2. The van der Waals surface area contributed by atoms with Gasteiger partial charge in [-0.3, -0.25) is 14.4 Å². The van der Waals surface area contributed by atoms with Crippen molar-refractivity contribution in [2.45, 2.75) is 19.4 Å². The lowest BCUT2D eigenvalue weighted by molar-refractivity contribution is -0.152. The normalized spacial score (nSPS) is 11.7. The van der Waals surface area contributed by atoms with Crippen molar-refractivity contribution in [3.8, 4) is 5.75 Å². The van der Waals surface area contributed by atoms with E-state index in [1.807, 2.05) is 0 Å². The molecule has 1 aromatic heterocycles.